The van der Waals surface area contributed by atoms with Gasteiger partial charge in [0.25, 0.3) is 0 Å². The van der Waals surface area contributed by atoms with Crippen molar-refractivity contribution in [3.8, 4) is 11.5 Å². The van der Waals surface area contributed by atoms with Crippen LogP contribution in [0.5, 0.6) is 11.5 Å². The second kappa shape index (κ2) is 5.00. The highest BCUT2D eigenvalue weighted by Gasteiger charge is 2.14. The Kier molecular flexibility index (Phi) is 3.21. The van der Waals surface area contributed by atoms with Crippen molar-refractivity contribution in [3.63, 3.8) is 0 Å². The largest absolute Gasteiger partial charge is 0.454 e. The molecule has 2 heterocycles. The zero-order valence-electron chi connectivity index (χ0n) is 9.96. The first kappa shape index (κ1) is 11.6. The third-order valence-electron chi connectivity index (χ3n) is 2.98. The van der Waals surface area contributed by atoms with Crippen LogP contribution in [-0.4, -0.2) is 12.8 Å². The van der Waals surface area contributed by atoms with Crippen LogP contribution in [0.25, 0.3) is 0 Å². The molecule has 18 heavy (non-hydrogen) atoms. The summed E-state index contributed by atoms with van der Waals surface area (Å²) in [6.45, 7) is 0.319. The van der Waals surface area contributed by atoms with Gasteiger partial charge in [0, 0.05) is 10.9 Å². The van der Waals surface area contributed by atoms with E-state index in [4.69, 9.17) is 15.2 Å². The van der Waals surface area contributed by atoms with Crippen molar-refractivity contribution in [2.24, 2.45) is 5.73 Å². The van der Waals surface area contributed by atoms with Crippen molar-refractivity contribution in [1.82, 2.24) is 0 Å². The molecule has 2 N–H and O–H groups in total. The van der Waals surface area contributed by atoms with Gasteiger partial charge in [0.15, 0.2) is 11.5 Å². The fourth-order valence-corrected chi connectivity index (χ4v) is 2.93. The van der Waals surface area contributed by atoms with E-state index in [1.54, 1.807) is 11.3 Å². The smallest absolute Gasteiger partial charge is 0.231 e. The van der Waals surface area contributed by atoms with Gasteiger partial charge in [-0.2, -0.15) is 0 Å². The van der Waals surface area contributed by atoms with Crippen molar-refractivity contribution >= 4 is 11.3 Å². The quantitative estimate of drug-likeness (QED) is 0.920. The number of fused-ring (bicyclic) bond motifs is 1. The predicted octanol–water partition coefficient (Wildman–Crippen LogP) is 2.59. The molecule has 1 aliphatic heterocycles. The molecule has 1 aromatic carbocycles. The third kappa shape index (κ3) is 2.49. The maximum absolute atomic E-state index is 6.18. The van der Waals surface area contributed by atoms with Gasteiger partial charge in [0.05, 0.1) is 0 Å². The Morgan fingerprint density at radius 2 is 2.06 bits per heavy atom. The van der Waals surface area contributed by atoms with E-state index >= 15 is 0 Å². The lowest BCUT2D eigenvalue weighted by molar-refractivity contribution is 0.174. The summed E-state index contributed by atoms with van der Waals surface area (Å²) in [5.74, 6) is 1.65. The minimum Gasteiger partial charge on any atom is -0.454 e. The van der Waals surface area contributed by atoms with Gasteiger partial charge in [-0.3, -0.25) is 0 Å². The summed E-state index contributed by atoms with van der Waals surface area (Å²) in [6.07, 6.45) is 1.78. The SMILES string of the molecule is NC(Cc1ccc2c(c1)OCO2)Cc1cccs1. The minimum absolute atomic E-state index is 0.143. The Morgan fingerprint density at radius 3 is 2.89 bits per heavy atom. The highest BCUT2D eigenvalue weighted by atomic mass is 32.1. The van der Waals surface area contributed by atoms with Gasteiger partial charge in [-0.1, -0.05) is 12.1 Å². The van der Waals surface area contributed by atoms with Crippen LogP contribution in [0.2, 0.25) is 0 Å². The van der Waals surface area contributed by atoms with Crippen molar-refractivity contribution < 1.29 is 9.47 Å². The van der Waals surface area contributed by atoms with E-state index in [-0.39, 0.29) is 6.04 Å². The summed E-state index contributed by atoms with van der Waals surface area (Å²) < 4.78 is 10.7. The Labute approximate surface area is 110 Å². The second-order valence-corrected chi connectivity index (χ2v) is 5.47. The topological polar surface area (TPSA) is 44.5 Å². The second-order valence-electron chi connectivity index (χ2n) is 4.44. The Balaban J connectivity index is 1.65. The molecule has 2 aromatic rings. The van der Waals surface area contributed by atoms with Gasteiger partial charge < -0.3 is 15.2 Å². The Bertz CT molecular complexity index is 525. The van der Waals surface area contributed by atoms with E-state index in [1.165, 1.54) is 10.4 Å². The van der Waals surface area contributed by atoms with E-state index in [0.29, 0.717) is 6.79 Å². The molecular formula is C14H15NO2S. The number of hydrogen-bond donors (Lipinski definition) is 1. The van der Waals surface area contributed by atoms with Crippen molar-refractivity contribution in [2.45, 2.75) is 18.9 Å². The van der Waals surface area contributed by atoms with Crippen molar-refractivity contribution in [3.05, 3.63) is 46.2 Å². The summed E-state index contributed by atoms with van der Waals surface area (Å²) in [6, 6.07) is 10.4. The van der Waals surface area contributed by atoms with E-state index in [9.17, 15) is 0 Å². The number of benzene rings is 1. The Morgan fingerprint density at radius 1 is 1.17 bits per heavy atom. The fraction of sp³-hybridized carbons (Fsp3) is 0.286. The standard InChI is InChI=1S/C14H15NO2S/c15-11(8-12-2-1-5-18-12)6-10-3-4-13-14(7-10)17-9-16-13/h1-5,7,11H,6,8-9,15H2. The van der Waals surface area contributed by atoms with E-state index in [1.807, 2.05) is 12.1 Å². The predicted molar refractivity (Wildman–Crippen MR) is 72.3 cm³/mol. The van der Waals surface area contributed by atoms with Gasteiger partial charge in [-0.25, -0.2) is 0 Å². The van der Waals surface area contributed by atoms with Crippen molar-refractivity contribution in [2.75, 3.05) is 6.79 Å². The number of ether oxygens (including phenoxy) is 2. The molecule has 1 unspecified atom stereocenters. The van der Waals surface area contributed by atoms with E-state index in [0.717, 1.165) is 24.3 Å². The van der Waals surface area contributed by atoms with Gasteiger partial charge in [0.2, 0.25) is 6.79 Å². The van der Waals surface area contributed by atoms with Gasteiger partial charge >= 0.3 is 0 Å². The summed E-state index contributed by atoms with van der Waals surface area (Å²) in [5.41, 5.74) is 7.37. The average molecular weight is 261 g/mol. The van der Waals surface area contributed by atoms with Crippen LogP contribution in [0.4, 0.5) is 0 Å². The Hall–Kier alpha value is -1.52. The molecule has 94 valence electrons. The van der Waals surface area contributed by atoms with Crippen LogP contribution in [-0.2, 0) is 12.8 Å². The minimum atomic E-state index is 0.143. The first-order valence-corrected chi connectivity index (χ1v) is 6.86. The first-order chi connectivity index (χ1) is 8.81. The highest BCUT2D eigenvalue weighted by Crippen LogP contribution is 2.32. The van der Waals surface area contributed by atoms with Crippen LogP contribution < -0.4 is 15.2 Å². The molecule has 0 spiro atoms. The van der Waals surface area contributed by atoms with Crippen LogP contribution in [0.3, 0.4) is 0 Å². The lowest BCUT2D eigenvalue weighted by Crippen LogP contribution is -2.25. The molecule has 0 saturated carbocycles. The van der Waals surface area contributed by atoms with Crippen LogP contribution in [0, 0.1) is 0 Å². The summed E-state index contributed by atoms with van der Waals surface area (Å²) in [7, 11) is 0. The molecule has 1 atom stereocenters. The normalized spacial score (nSPS) is 14.7. The van der Waals surface area contributed by atoms with Crippen LogP contribution in [0.1, 0.15) is 10.4 Å². The maximum atomic E-state index is 6.18. The van der Waals surface area contributed by atoms with Crippen LogP contribution in [0.15, 0.2) is 35.7 Å². The molecule has 0 amide bonds. The van der Waals surface area contributed by atoms with Crippen LogP contribution >= 0.6 is 11.3 Å². The third-order valence-corrected chi connectivity index (χ3v) is 3.88. The highest BCUT2D eigenvalue weighted by molar-refractivity contribution is 7.09. The van der Waals surface area contributed by atoms with Crippen molar-refractivity contribution in [1.29, 1.82) is 0 Å². The monoisotopic (exact) mass is 261 g/mol. The molecule has 3 nitrogen and oxygen atoms in total. The molecule has 0 fully saturated rings. The summed E-state index contributed by atoms with van der Waals surface area (Å²) >= 11 is 1.76. The molecule has 1 aliphatic rings. The molecule has 3 rings (SSSR count). The fourth-order valence-electron chi connectivity index (χ4n) is 2.13. The zero-order valence-corrected chi connectivity index (χ0v) is 10.8. The van der Waals surface area contributed by atoms with Gasteiger partial charge in [-0.05, 0) is 42.0 Å². The number of thiophene rings is 1. The first-order valence-electron chi connectivity index (χ1n) is 5.98. The van der Waals surface area contributed by atoms with E-state index < -0.39 is 0 Å². The number of nitrogens with two attached hydrogens (primary N) is 1. The molecule has 0 aliphatic carbocycles. The molecule has 0 radical (unpaired) electrons. The lowest BCUT2D eigenvalue weighted by Gasteiger charge is -2.10. The average Bonchev–Trinajstić information content (AvgIpc) is 2.98. The number of rotatable bonds is 4. The molecule has 0 bridgehead atoms. The molecule has 1 aromatic heterocycles. The number of hydrogen-bond acceptors (Lipinski definition) is 4. The van der Waals surface area contributed by atoms with Gasteiger partial charge in [0.1, 0.15) is 0 Å². The zero-order chi connectivity index (χ0) is 12.4. The maximum Gasteiger partial charge on any atom is 0.231 e. The van der Waals surface area contributed by atoms with Gasteiger partial charge in [-0.15, -0.1) is 11.3 Å². The summed E-state index contributed by atoms with van der Waals surface area (Å²) in [5, 5.41) is 2.09. The van der Waals surface area contributed by atoms with E-state index in [2.05, 4.69) is 23.6 Å². The summed E-state index contributed by atoms with van der Waals surface area (Å²) in [4.78, 5) is 1.34. The molecule has 0 saturated heterocycles. The molecule has 4 heteroatoms. The lowest BCUT2D eigenvalue weighted by atomic mass is 10.0. The molecular weight excluding hydrogens is 246 g/mol.